The van der Waals surface area contributed by atoms with E-state index in [0.29, 0.717) is 0 Å². The lowest BCUT2D eigenvalue weighted by molar-refractivity contribution is -0.169. The summed E-state index contributed by atoms with van der Waals surface area (Å²) in [4.78, 5) is 67.7. The van der Waals surface area contributed by atoms with Gasteiger partial charge in [-0.2, -0.15) is 0 Å². The summed E-state index contributed by atoms with van der Waals surface area (Å²) in [5, 5.41) is 16.3. The topological polar surface area (TPSA) is 171 Å². The van der Waals surface area contributed by atoms with Gasteiger partial charge in [0.15, 0.2) is 5.92 Å². The molecule has 0 radical (unpaired) electrons. The third-order valence-electron chi connectivity index (χ3n) is 2.56. The van der Waals surface area contributed by atoms with Crippen molar-refractivity contribution in [2.24, 2.45) is 5.92 Å². The molecule has 5 N–H and O–H groups in total. The Morgan fingerprint density at radius 2 is 1.11 bits per heavy atom. The van der Waals surface area contributed by atoms with E-state index in [1.165, 1.54) is 0 Å². The molecule has 0 bridgehead atoms. The summed E-state index contributed by atoms with van der Waals surface area (Å²) in [6, 6.07) is -2.35. The normalized spacial score (nSPS) is 23.4. The number of hydrogen-bond donors (Lipinski definition) is 5. The molecule has 0 saturated carbocycles. The van der Waals surface area contributed by atoms with Crippen molar-refractivity contribution in [3.63, 3.8) is 0 Å². The van der Waals surface area contributed by atoms with Gasteiger partial charge < -0.3 is 5.11 Å². The summed E-state index contributed by atoms with van der Waals surface area (Å²) < 4.78 is 0. The average Bonchev–Trinajstić information content (AvgIpc) is 2.24. The zero-order chi connectivity index (χ0) is 14.4. The van der Waals surface area contributed by atoms with Crippen molar-refractivity contribution in [3.8, 4) is 0 Å². The van der Waals surface area contributed by atoms with E-state index in [9.17, 15) is 33.9 Å². The van der Waals surface area contributed by atoms with E-state index in [1.807, 2.05) is 0 Å². The molecule has 11 heteroatoms. The highest BCUT2D eigenvalue weighted by atomic mass is 16.3. The Balaban J connectivity index is 2.43. The molecule has 2 saturated heterocycles. The minimum Gasteiger partial charge on any atom is -0.371 e. The number of imide groups is 4. The summed E-state index contributed by atoms with van der Waals surface area (Å²) in [7, 11) is 0. The number of hydrogen-bond acceptors (Lipinski definition) is 7. The minimum absolute atomic E-state index is 1.15. The molecule has 2 rings (SSSR count). The molecule has 19 heavy (non-hydrogen) atoms. The third-order valence-corrected chi connectivity index (χ3v) is 2.56. The van der Waals surface area contributed by atoms with Gasteiger partial charge in [-0.3, -0.25) is 40.4 Å². The highest BCUT2D eigenvalue weighted by Gasteiger charge is 2.61. The molecule has 2 fully saturated rings. The number of urea groups is 2. The zero-order valence-corrected chi connectivity index (χ0v) is 8.97. The molecule has 2 aliphatic rings. The van der Waals surface area contributed by atoms with Gasteiger partial charge in [-0.05, 0) is 0 Å². The van der Waals surface area contributed by atoms with Gasteiger partial charge in [-0.15, -0.1) is 0 Å². The van der Waals surface area contributed by atoms with Gasteiger partial charge >= 0.3 is 12.1 Å². The Bertz CT molecular complexity index is 513. The minimum atomic E-state index is -3.12. The van der Waals surface area contributed by atoms with Crippen LogP contribution in [0, 0.1) is 5.92 Å². The van der Waals surface area contributed by atoms with Crippen LogP contribution in [0.15, 0.2) is 0 Å². The maximum atomic E-state index is 11.5. The smallest absolute Gasteiger partial charge is 0.328 e. The number of nitrogens with one attached hydrogen (secondary N) is 4. The summed E-state index contributed by atoms with van der Waals surface area (Å²) >= 11 is 0. The third kappa shape index (κ3) is 1.72. The number of aliphatic hydroxyl groups is 1. The molecule has 2 heterocycles. The largest absolute Gasteiger partial charge is 0.371 e. The van der Waals surface area contributed by atoms with Crippen molar-refractivity contribution >= 4 is 35.7 Å². The molecule has 0 aliphatic carbocycles. The highest BCUT2D eigenvalue weighted by molar-refractivity contribution is 6.29. The maximum Gasteiger partial charge on any atom is 0.328 e. The summed E-state index contributed by atoms with van der Waals surface area (Å²) in [6.45, 7) is 0. The van der Waals surface area contributed by atoms with Crippen LogP contribution in [0.4, 0.5) is 9.59 Å². The van der Waals surface area contributed by atoms with Gasteiger partial charge in [0.25, 0.3) is 11.8 Å². The molecule has 0 aromatic carbocycles. The first-order valence-corrected chi connectivity index (χ1v) is 4.81. The molecule has 8 amide bonds. The Kier molecular flexibility index (Phi) is 2.56. The van der Waals surface area contributed by atoms with Crippen LogP contribution < -0.4 is 21.3 Å². The van der Waals surface area contributed by atoms with Crippen LogP contribution in [0.25, 0.3) is 0 Å². The first-order chi connectivity index (χ1) is 8.76. The summed E-state index contributed by atoms with van der Waals surface area (Å²) in [6.07, 6.45) is 0. The van der Waals surface area contributed by atoms with Crippen LogP contribution in [0.1, 0.15) is 0 Å². The van der Waals surface area contributed by atoms with Gasteiger partial charge in [0, 0.05) is 0 Å². The average molecular weight is 270 g/mol. The van der Waals surface area contributed by atoms with Crippen molar-refractivity contribution in [2.75, 3.05) is 0 Å². The van der Waals surface area contributed by atoms with Gasteiger partial charge in [0.05, 0.1) is 0 Å². The number of carbonyl (C=O) groups is 6. The number of rotatable bonds is 1. The zero-order valence-electron chi connectivity index (χ0n) is 8.97. The lowest BCUT2D eigenvalue weighted by Crippen LogP contribution is -2.75. The fourth-order valence-corrected chi connectivity index (χ4v) is 1.69. The van der Waals surface area contributed by atoms with E-state index in [0.717, 1.165) is 0 Å². The van der Waals surface area contributed by atoms with Gasteiger partial charge in [-0.1, -0.05) is 0 Å². The monoisotopic (exact) mass is 270 g/mol. The SMILES string of the molecule is O=C1NC(=O)C(C2(O)C(=O)NC(=O)NC2=O)C(=O)N1. The molecular weight excluding hydrogens is 264 g/mol. The summed E-state index contributed by atoms with van der Waals surface area (Å²) in [5.41, 5.74) is -3.12. The van der Waals surface area contributed by atoms with Crippen LogP contribution in [-0.2, 0) is 19.2 Å². The lowest BCUT2D eigenvalue weighted by atomic mass is 9.82. The molecule has 0 spiro atoms. The first kappa shape index (κ1) is 12.6. The van der Waals surface area contributed by atoms with Crippen molar-refractivity contribution in [2.45, 2.75) is 5.60 Å². The highest BCUT2D eigenvalue weighted by Crippen LogP contribution is 2.23. The van der Waals surface area contributed by atoms with E-state index in [1.54, 1.807) is 21.3 Å². The molecule has 11 nitrogen and oxygen atoms in total. The molecule has 100 valence electrons. The molecule has 0 aromatic rings. The van der Waals surface area contributed by atoms with Crippen molar-refractivity contribution in [1.82, 2.24) is 21.3 Å². The molecule has 0 aromatic heterocycles. The Labute approximate surface area is 103 Å². The summed E-state index contributed by atoms with van der Waals surface area (Å²) in [5.74, 6) is -7.94. The van der Waals surface area contributed by atoms with Gasteiger partial charge in [0.1, 0.15) is 0 Å². The molecule has 0 unspecified atom stereocenters. The van der Waals surface area contributed by atoms with E-state index >= 15 is 0 Å². The van der Waals surface area contributed by atoms with E-state index < -0.39 is 47.2 Å². The number of carbonyl (C=O) groups excluding carboxylic acids is 6. The second-order valence-electron chi connectivity index (χ2n) is 3.74. The van der Waals surface area contributed by atoms with Crippen LogP contribution >= 0.6 is 0 Å². The first-order valence-electron chi connectivity index (χ1n) is 4.81. The maximum absolute atomic E-state index is 11.5. The Morgan fingerprint density at radius 1 is 0.737 bits per heavy atom. The fraction of sp³-hybridized carbons (Fsp3) is 0.250. The van der Waals surface area contributed by atoms with E-state index in [4.69, 9.17) is 0 Å². The Hall–Kier alpha value is -2.82. The van der Waals surface area contributed by atoms with E-state index in [2.05, 4.69) is 0 Å². The van der Waals surface area contributed by atoms with Crippen molar-refractivity contribution in [1.29, 1.82) is 0 Å². The predicted molar refractivity (Wildman–Crippen MR) is 51.8 cm³/mol. The van der Waals surface area contributed by atoms with Gasteiger partial charge in [0.2, 0.25) is 17.4 Å². The number of barbiturate groups is 2. The van der Waals surface area contributed by atoms with Crippen molar-refractivity contribution < 1.29 is 33.9 Å². The lowest BCUT2D eigenvalue weighted by Gasteiger charge is -2.35. The second kappa shape index (κ2) is 3.84. The Morgan fingerprint density at radius 3 is 1.53 bits per heavy atom. The van der Waals surface area contributed by atoms with Crippen LogP contribution in [0.5, 0.6) is 0 Å². The molecular formula is C8H6N4O7. The second-order valence-corrected chi connectivity index (χ2v) is 3.74. The van der Waals surface area contributed by atoms with Crippen molar-refractivity contribution in [3.05, 3.63) is 0 Å². The molecule has 2 aliphatic heterocycles. The standard InChI is InChI=1S/C8H6N4O7/c13-2-1(3(14)10-6(17)9-2)8(19)4(15)11-7(18)12-5(8)16/h1,19H,(H2,9,10,13,14,17)(H2,11,12,15,16,18). The van der Waals surface area contributed by atoms with Crippen LogP contribution in [0.2, 0.25) is 0 Å². The predicted octanol–water partition coefficient (Wildman–Crippen LogP) is -3.93. The van der Waals surface area contributed by atoms with Crippen LogP contribution in [-0.4, -0.2) is 46.4 Å². The quantitative estimate of drug-likeness (QED) is 0.303. The van der Waals surface area contributed by atoms with Crippen LogP contribution in [0.3, 0.4) is 0 Å². The van der Waals surface area contributed by atoms with E-state index in [-0.39, 0.29) is 0 Å². The number of amides is 8. The van der Waals surface area contributed by atoms with Gasteiger partial charge in [-0.25, -0.2) is 9.59 Å². The molecule has 0 atom stereocenters. The fourth-order valence-electron chi connectivity index (χ4n) is 1.69.